The summed E-state index contributed by atoms with van der Waals surface area (Å²) < 4.78 is 27.3. The highest BCUT2D eigenvalue weighted by atomic mass is 35.5. The molecule has 3 rings (SSSR count). The number of alkyl carbamates (subject to hydrolysis) is 1. The van der Waals surface area contributed by atoms with Gasteiger partial charge in [0.2, 0.25) is 5.75 Å². The molecule has 1 aliphatic carbocycles. The standard InChI is InChI=1S/C25H30ClNO8S/c1-31-22-20-14-6-8-19(36-4)18(29)13-16(14)17(27-25(30)35-12-11-34-10-9-28)7-5-15(20)21(26)23(32-2)24(22)33-3/h6,8,13,17,28H,5,7,9-12H2,1-4H3,(H,27,30)/t17-/m0/s1. The van der Waals surface area contributed by atoms with Crippen molar-refractivity contribution in [2.24, 2.45) is 0 Å². The molecule has 1 aliphatic rings. The van der Waals surface area contributed by atoms with Crippen molar-refractivity contribution in [3.05, 3.63) is 44.6 Å². The zero-order chi connectivity index (χ0) is 26.2. The molecular formula is C25H30ClNO8S. The first-order valence-corrected chi connectivity index (χ1v) is 12.9. The van der Waals surface area contributed by atoms with E-state index in [1.165, 1.54) is 39.2 Å². The van der Waals surface area contributed by atoms with Gasteiger partial charge in [0.15, 0.2) is 16.9 Å². The summed E-state index contributed by atoms with van der Waals surface area (Å²) in [6.45, 7) is 0.227. The number of amides is 1. The predicted octanol–water partition coefficient (Wildman–Crippen LogP) is 3.84. The molecule has 0 saturated carbocycles. The van der Waals surface area contributed by atoms with Crippen LogP contribution in [0.1, 0.15) is 23.6 Å². The second-order valence-corrected chi connectivity index (χ2v) is 8.98. The molecule has 0 radical (unpaired) electrons. The van der Waals surface area contributed by atoms with E-state index >= 15 is 0 Å². The Labute approximate surface area is 219 Å². The molecule has 0 spiro atoms. The Kier molecular flexibility index (Phi) is 10.1. The summed E-state index contributed by atoms with van der Waals surface area (Å²) >= 11 is 8.13. The Morgan fingerprint density at radius 3 is 2.47 bits per heavy atom. The van der Waals surface area contributed by atoms with Crippen molar-refractivity contribution in [1.82, 2.24) is 5.32 Å². The maximum Gasteiger partial charge on any atom is 0.407 e. The molecule has 0 aliphatic heterocycles. The molecule has 2 aromatic rings. The summed E-state index contributed by atoms with van der Waals surface area (Å²) in [5.74, 6) is 1.10. The van der Waals surface area contributed by atoms with E-state index in [2.05, 4.69) is 5.32 Å². The van der Waals surface area contributed by atoms with Gasteiger partial charge >= 0.3 is 6.09 Å². The fourth-order valence-electron chi connectivity index (χ4n) is 4.23. The third-order valence-corrected chi connectivity index (χ3v) is 6.97. The van der Waals surface area contributed by atoms with E-state index < -0.39 is 12.1 Å². The van der Waals surface area contributed by atoms with Crippen LogP contribution in [0.4, 0.5) is 4.79 Å². The van der Waals surface area contributed by atoms with Crippen LogP contribution in [0.3, 0.4) is 0 Å². The third kappa shape index (κ3) is 5.83. The maximum atomic E-state index is 13.0. The molecule has 0 bridgehead atoms. The van der Waals surface area contributed by atoms with E-state index in [1.807, 2.05) is 12.3 Å². The van der Waals surface area contributed by atoms with Gasteiger partial charge in [-0.15, -0.1) is 11.8 Å². The van der Waals surface area contributed by atoms with Gasteiger partial charge in [-0.1, -0.05) is 17.7 Å². The number of thioether (sulfide) groups is 1. The average molecular weight is 540 g/mol. The normalized spacial score (nSPS) is 14.2. The molecule has 196 valence electrons. The predicted molar refractivity (Wildman–Crippen MR) is 138 cm³/mol. The van der Waals surface area contributed by atoms with Crippen LogP contribution in [-0.4, -0.2) is 65.2 Å². The van der Waals surface area contributed by atoms with Crippen LogP contribution in [0, 0.1) is 0 Å². The van der Waals surface area contributed by atoms with Crippen molar-refractivity contribution in [2.75, 3.05) is 54.0 Å². The molecule has 1 atom stereocenters. The van der Waals surface area contributed by atoms with Crippen LogP contribution in [-0.2, 0) is 15.9 Å². The van der Waals surface area contributed by atoms with E-state index in [4.69, 9.17) is 40.4 Å². The smallest absolute Gasteiger partial charge is 0.407 e. The molecule has 9 nitrogen and oxygen atoms in total. The second-order valence-electron chi connectivity index (χ2n) is 7.75. The number of rotatable bonds is 10. The van der Waals surface area contributed by atoms with Gasteiger partial charge in [0.25, 0.3) is 0 Å². The van der Waals surface area contributed by atoms with Gasteiger partial charge in [-0.3, -0.25) is 4.79 Å². The van der Waals surface area contributed by atoms with Gasteiger partial charge < -0.3 is 34.1 Å². The molecule has 2 N–H and O–H groups in total. The molecule has 0 fully saturated rings. The molecule has 0 heterocycles. The van der Waals surface area contributed by atoms with Gasteiger partial charge in [-0.05, 0) is 47.9 Å². The number of benzene rings is 1. The Hall–Kier alpha value is -2.66. The van der Waals surface area contributed by atoms with Crippen molar-refractivity contribution >= 4 is 29.5 Å². The van der Waals surface area contributed by atoms with Gasteiger partial charge in [0, 0.05) is 5.56 Å². The Morgan fingerprint density at radius 1 is 1.11 bits per heavy atom. The van der Waals surface area contributed by atoms with E-state index in [1.54, 1.807) is 6.07 Å². The summed E-state index contributed by atoms with van der Waals surface area (Å²) in [5, 5.41) is 12.0. The first kappa shape index (κ1) is 27.9. The lowest BCUT2D eigenvalue weighted by Crippen LogP contribution is -2.30. The first-order chi connectivity index (χ1) is 17.4. The van der Waals surface area contributed by atoms with Crippen molar-refractivity contribution in [2.45, 2.75) is 23.8 Å². The highest BCUT2D eigenvalue weighted by molar-refractivity contribution is 7.98. The molecule has 36 heavy (non-hydrogen) atoms. The van der Waals surface area contributed by atoms with Crippen LogP contribution in [0.15, 0.2) is 27.9 Å². The summed E-state index contributed by atoms with van der Waals surface area (Å²) in [7, 11) is 4.52. The molecular weight excluding hydrogens is 510 g/mol. The quantitative estimate of drug-likeness (QED) is 0.343. The minimum Gasteiger partial charge on any atom is -0.492 e. The maximum absolute atomic E-state index is 13.0. The highest BCUT2D eigenvalue weighted by Gasteiger charge is 2.32. The lowest BCUT2D eigenvalue weighted by atomic mass is 9.95. The Morgan fingerprint density at radius 2 is 1.83 bits per heavy atom. The van der Waals surface area contributed by atoms with Gasteiger partial charge in [0.05, 0.1) is 57.1 Å². The van der Waals surface area contributed by atoms with Crippen molar-refractivity contribution in [3.8, 4) is 28.4 Å². The van der Waals surface area contributed by atoms with Crippen molar-refractivity contribution in [1.29, 1.82) is 0 Å². The van der Waals surface area contributed by atoms with Crippen molar-refractivity contribution < 1.29 is 33.6 Å². The number of methoxy groups -OCH3 is 3. The van der Waals surface area contributed by atoms with Crippen LogP contribution in [0.2, 0.25) is 5.02 Å². The zero-order valence-corrected chi connectivity index (χ0v) is 22.2. The SMILES string of the molecule is COc1c(Cl)c2c(c(OC)c1OC)-c1ccc(SC)c(=O)cc1[C@@H](NC(=O)OCCOCCO)CC2. The van der Waals surface area contributed by atoms with Crippen molar-refractivity contribution in [3.63, 3.8) is 0 Å². The zero-order valence-electron chi connectivity index (χ0n) is 20.6. The van der Waals surface area contributed by atoms with E-state index in [-0.39, 0.29) is 31.9 Å². The minimum atomic E-state index is -0.651. The van der Waals surface area contributed by atoms with Crippen LogP contribution in [0.5, 0.6) is 17.2 Å². The number of carbonyl (C=O) groups excluding carboxylic acids is 1. The molecule has 1 amide bonds. The topological polar surface area (TPSA) is 113 Å². The highest BCUT2D eigenvalue weighted by Crippen LogP contribution is 2.54. The molecule has 11 heteroatoms. The fraction of sp³-hybridized carbons (Fsp3) is 0.440. The summed E-state index contributed by atoms with van der Waals surface area (Å²) in [6.07, 6.45) is 2.07. The second kappa shape index (κ2) is 13.0. The lowest BCUT2D eigenvalue weighted by Gasteiger charge is -2.21. The molecule has 0 saturated heterocycles. The average Bonchev–Trinajstić information content (AvgIpc) is 3.12. The first-order valence-electron chi connectivity index (χ1n) is 11.3. The summed E-state index contributed by atoms with van der Waals surface area (Å²) in [4.78, 5) is 26.1. The number of fused-ring (bicyclic) bond motifs is 3. The number of halogens is 1. The Balaban J connectivity index is 2.14. The van der Waals surface area contributed by atoms with Gasteiger partial charge in [-0.25, -0.2) is 4.79 Å². The van der Waals surface area contributed by atoms with Gasteiger partial charge in [0.1, 0.15) is 6.61 Å². The minimum absolute atomic E-state index is 0.0195. The Bertz CT molecular complexity index is 1160. The molecule has 0 unspecified atom stereocenters. The number of nitrogens with one attached hydrogen (secondary N) is 1. The number of hydrogen-bond donors (Lipinski definition) is 2. The largest absolute Gasteiger partial charge is 0.492 e. The van der Waals surface area contributed by atoms with E-state index in [0.717, 1.165) is 5.56 Å². The van der Waals surface area contributed by atoms with Crippen LogP contribution < -0.4 is 25.0 Å². The van der Waals surface area contributed by atoms with Crippen LogP contribution in [0.25, 0.3) is 11.1 Å². The van der Waals surface area contributed by atoms with E-state index in [0.29, 0.717) is 56.7 Å². The summed E-state index contributed by atoms with van der Waals surface area (Å²) in [6, 6.07) is 4.57. The van der Waals surface area contributed by atoms with Crippen LogP contribution >= 0.6 is 23.4 Å². The number of hydrogen-bond acceptors (Lipinski definition) is 9. The summed E-state index contributed by atoms with van der Waals surface area (Å²) in [5.41, 5.74) is 2.54. The van der Waals surface area contributed by atoms with E-state index in [9.17, 15) is 9.59 Å². The molecule has 2 aromatic carbocycles. The number of aliphatic hydroxyl groups excluding tert-OH is 1. The van der Waals surface area contributed by atoms with Gasteiger partial charge in [-0.2, -0.15) is 0 Å². The number of aliphatic hydroxyl groups is 1. The fourth-order valence-corrected chi connectivity index (χ4v) is 5.05. The number of ether oxygens (including phenoxy) is 5. The number of carbonyl (C=O) groups is 1. The lowest BCUT2D eigenvalue weighted by molar-refractivity contribution is 0.0528. The third-order valence-electron chi connectivity index (χ3n) is 5.80. The molecule has 0 aromatic heterocycles. The monoisotopic (exact) mass is 539 g/mol.